The van der Waals surface area contributed by atoms with Crippen LogP contribution in [-0.4, -0.2) is 30.7 Å². The Morgan fingerprint density at radius 1 is 1.38 bits per heavy atom. The van der Waals surface area contributed by atoms with Crippen LogP contribution < -0.4 is 4.74 Å². The van der Waals surface area contributed by atoms with Gasteiger partial charge in [-0.1, -0.05) is 0 Å². The lowest BCUT2D eigenvalue weighted by Gasteiger charge is -2.10. The van der Waals surface area contributed by atoms with Crippen molar-refractivity contribution >= 4 is 11.7 Å². The van der Waals surface area contributed by atoms with Crippen molar-refractivity contribution in [3.63, 3.8) is 0 Å². The second kappa shape index (κ2) is 4.82. The zero-order valence-corrected chi connectivity index (χ0v) is 10.8. The first-order valence-electron chi connectivity index (χ1n) is 5.92. The van der Waals surface area contributed by atoms with Gasteiger partial charge < -0.3 is 9.84 Å². The van der Waals surface area contributed by atoms with Crippen LogP contribution in [0.25, 0.3) is 5.78 Å². The quantitative estimate of drug-likeness (QED) is 0.793. The Bertz CT molecular complexity index is 847. The molecule has 21 heavy (non-hydrogen) atoms. The van der Waals surface area contributed by atoms with Crippen LogP contribution >= 0.6 is 0 Å². The van der Waals surface area contributed by atoms with Crippen LogP contribution in [0.4, 0.5) is 4.39 Å². The molecule has 0 spiro atoms. The van der Waals surface area contributed by atoms with Crippen molar-refractivity contribution in [2.75, 3.05) is 0 Å². The van der Waals surface area contributed by atoms with Crippen molar-refractivity contribution in [3.8, 4) is 11.6 Å². The maximum Gasteiger partial charge on any atom is 0.339 e. The predicted octanol–water partition coefficient (Wildman–Crippen LogP) is 2.06. The molecule has 3 rings (SSSR count). The molecule has 106 valence electrons. The van der Waals surface area contributed by atoms with Gasteiger partial charge in [-0.25, -0.2) is 14.2 Å². The molecule has 8 heteroatoms. The third-order valence-electron chi connectivity index (χ3n) is 2.73. The Kier molecular flexibility index (Phi) is 2.98. The van der Waals surface area contributed by atoms with Crippen molar-refractivity contribution < 1.29 is 19.0 Å². The number of hydrogen-bond acceptors (Lipinski definition) is 5. The fourth-order valence-electron chi connectivity index (χ4n) is 1.84. The third-order valence-corrected chi connectivity index (χ3v) is 2.73. The molecule has 3 aromatic rings. The fraction of sp³-hybridized carbons (Fsp3) is 0.0769. The van der Waals surface area contributed by atoms with E-state index < -0.39 is 11.8 Å². The SMILES string of the molecule is Cc1cc(Oc2ccc(F)cc2C(=O)O)n2ncnc2n1. The van der Waals surface area contributed by atoms with E-state index in [4.69, 9.17) is 9.84 Å². The molecule has 2 heterocycles. The van der Waals surface area contributed by atoms with Crippen LogP contribution in [0.3, 0.4) is 0 Å². The Morgan fingerprint density at radius 2 is 2.19 bits per heavy atom. The van der Waals surface area contributed by atoms with Crippen molar-refractivity contribution in [2.24, 2.45) is 0 Å². The summed E-state index contributed by atoms with van der Waals surface area (Å²) in [5.41, 5.74) is 0.349. The first-order chi connectivity index (χ1) is 10.0. The Labute approximate surface area is 117 Å². The van der Waals surface area contributed by atoms with Gasteiger partial charge in [-0.3, -0.25) is 0 Å². The number of halogens is 1. The summed E-state index contributed by atoms with van der Waals surface area (Å²) < 4.78 is 20.0. The summed E-state index contributed by atoms with van der Waals surface area (Å²) in [6, 6.07) is 4.84. The summed E-state index contributed by atoms with van der Waals surface area (Å²) in [7, 11) is 0. The number of ether oxygens (including phenoxy) is 1. The second-order valence-electron chi connectivity index (χ2n) is 4.26. The van der Waals surface area contributed by atoms with E-state index in [9.17, 15) is 9.18 Å². The fourth-order valence-corrected chi connectivity index (χ4v) is 1.84. The largest absolute Gasteiger partial charge is 0.478 e. The summed E-state index contributed by atoms with van der Waals surface area (Å²) >= 11 is 0. The maximum atomic E-state index is 13.2. The molecule has 0 fully saturated rings. The molecule has 0 saturated carbocycles. The van der Waals surface area contributed by atoms with Crippen LogP contribution in [0, 0.1) is 12.7 Å². The lowest BCUT2D eigenvalue weighted by atomic mass is 10.2. The van der Waals surface area contributed by atoms with Gasteiger partial charge in [0.1, 0.15) is 23.5 Å². The van der Waals surface area contributed by atoms with Crippen LogP contribution in [0.2, 0.25) is 0 Å². The third kappa shape index (κ3) is 2.38. The number of nitrogens with zero attached hydrogens (tertiary/aromatic N) is 4. The summed E-state index contributed by atoms with van der Waals surface area (Å²) in [5, 5.41) is 13.0. The molecule has 0 atom stereocenters. The topological polar surface area (TPSA) is 89.6 Å². The van der Waals surface area contributed by atoms with Crippen LogP contribution in [0.15, 0.2) is 30.6 Å². The molecule has 0 aliphatic heterocycles. The van der Waals surface area contributed by atoms with E-state index in [1.165, 1.54) is 16.9 Å². The first kappa shape index (κ1) is 13.0. The molecule has 7 nitrogen and oxygen atoms in total. The van der Waals surface area contributed by atoms with Crippen molar-refractivity contribution in [2.45, 2.75) is 6.92 Å². The van der Waals surface area contributed by atoms with E-state index in [1.54, 1.807) is 13.0 Å². The van der Waals surface area contributed by atoms with Crippen molar-refractivity contribution in [1.29, 1.82) is 0 Å². The molecular weight excluding hydrogens is 279 g/mol. The van der Waals surface area contributed by atoms with Gasteiger partial charge in [0, 0.05) is 11.8 Å². The van der Waals surface area contributed by atoms with Crippen LogP contribution in [-0.2, 0) is 0 Å². The maximum absolute atomic E-state index is 13.2. The number of hydrogen-bond donors (Lipinski definition) is 1. The zero-order chi connectivity index (χ0) is 15.0. The summed E-state index contributed by atoms with van der Waals surface area (Å²) in [5.74, 6) is -1.37. The number of fused-ring (bicyclic) bond motifs is 1. The van der Waals surface area contributed by atoms with E-state index in [1.807, 2.05) is 0 Å². The van der Waals surface area contributed by atoms with Crippen molar-refractivity contribution in [1.82, 2.24) is 19.6 Å². The zero-order valence-electron chi connectivity index (χ0n) is 10.8. The lowest BCUT2D eigenvalue weighted by molar-refractivity contribution is 0.0693. The molecule has 2 aromatic heterocycles. The molecular formula is C13H9FN4O3. The van der Waals surface area contributed by atoms with E-state index in [2.05, 4.69) is 15.1 Å². The molecule has 0 bridgehead atoms. The predicted molar refractivity (Wildman–Crippen MR) is 69.0 cm³/mol. The van der Waals surface area contributed by atoms with Gasteiger partial charge in [-0.05, 0) is 25.1 Å². The minimum Gasteiger partial charge on any atom is -0.478 e. The molecule has 0 aliphatic carbocycles. The van der Waals surface area contributed by atoms with E-state index >= 15 is 0 Å². The summed E-state index contributed by atoms with van der Waals surface area (Å²) in [4.78, 5) is 19.2. The Balaban J connectivity index is 2.10. The highest BCUT2D eigenvalue weighted by atomic mass is 19.1. The second-order valence-corrected chi connectivity index (χ2v) is 4.26. The summed E-state index contributed by atoms with van der Waals surface area (Å²) in [6.07, 6.45) is 1.30. The van der Waals surface area contributed by atoms with Gasteiger partial charge >= 0.3 is 5.97 Å². The van der Waals surface area contributed by atoms with E-state index in [0.29, 0.717) is 11.5 Å². The van der Waals surface area contributed by atoms with E-state index in [-0.39, 0.29) is 17.2 Å². The number of aryl methyl sites for hydroxylation is 1. The number of benzene rings is 1. The van der Waals surface area contributed by atoms with Gasteiger partial charge in [0.05, 0.1) is 0 Å². The van der Waals surface area contributed by atoms with Gasteiger partial charge in [-0.2, -0.15) is 14.6 Å². The number of carbonyl (C=O) groups is 1. The number of carboxylic acids is 1. The standard InChI is InChI=1S/C13H9FN4O3/c1-7-4-11(18-13(17-7)15-6-16-18)21-10-3-2-8(14)5-9(10)12(19)20/h2-6H,1H3,(H,19,20). The van der Waals surface area contributed by atoms with Gasteiger partial charge in [0.25, 0.3) is 5.78 Å². The molecule has 1 aromatic carbocycles. The average molecular weight is 288 g/mol. The number of aromatic carboxylic acids is 1. The number of carboxylic acid groups (broad SMARTS) is 1. The highest BCUT2D eigenvalue weighted by Gasteiger charge is 2.15. The normalized spacial score (nSPS) is 10.8. The van der Waals surface area contributed by atoms with Crippen LogP contribution in [0.1, 0.15) is 16.1 Å². The summed E-state index contributed by atoms with van der Waals surface area (Å²) in [6.45, 7) is 1.74. The van der Waals surface area contributed by atoms with Gasteiger partial charge in [0.15, 0.2) is 0 Å². The lowest BCUT2D eigenvalue weighted by Crippen LogP contribution is -2.04. The minimum atomic E-state index is -1.29. The highest BCUT2D eigenvalue weighted by molar-refractivity contribution is 5.91. The van der Waals surface area contributed by atoms with Crippen molar-refractivity contribution in [3.05, 3.63) is 47.7 Å². The first-order valence-corrected chi connectivity index (χ1v) is 5.92. The number of rotatable bonds is 3. The number of aromatic nitrogens is 4. The average Bonchev–Trinajstić information content (AvgIpc) is 2.88. The molecule has 0 radical (unpaired) electrons. The van der Waals surface area contributed by atoms with E-state index in [0.717, 1.165) is 12.1 Å². The monoisotopic (exact) mass is 288 g/mol. The van der Waals surface area contributed by atoms with Gasteiger partial charge in [0.2, 0.25) is 5.88 Å². The van der Waals surface area contributed by atoms with Crippen LogP contribution in [0.5, 0.6) is 11.6 Å². The van der Waals surface area contributed by atoms with Gasteiger partial charge in [-0.15, -0.1) is 0 Å². The molecule has 1 N–H and O–H groups in total. The molecule has 0 aliphatic rings. The molecule has 0 unspecified atom stereocenters. The smallest absolute Gasteiger partial charge is 0.339 e. The highest BCUT2D eigenvalue weighted by Crippen LogP contribution is 2.26. The Hall–Kier alpha value is -3.03. The molecule has 0 amide bonds. The minimum absolute atomic E-state index is 0.00583. The Morgan fingerprint density at radius 3 is 2.95 bits per heavy atom. The molecule has 0 saturated heterocycles.